The van der Waals surface area contributed by atoms with Crippen molar-refractivity contribution in [2.75, 3.05) is 0 Å². The Bertz CT molecular complexity index is 597. The fraction of sp³-hybridized carbons (Fsp3) is 0.471. The van der Waals surface area contributed by atoms with Gasteiger partial charge in [-0.1, -0.05) is 28.9 Å². The van der Waals surface area contributed by atoms with E-state index in [0.29, 0.717) is 12.0 Å². The average Bonchev–Trinajstić information content (AvgIpc) is 3.23. The van der Waals surface area contributed by atoms with Gasteiger partial charge in [-0.15, -0.1) is 0 Å². The van der Waals surface area contributed by atoms with Gasteiger partial charge in [-0.05, 0) is 57.2 Å². The van der Waals surface area contributed by atoms with Crippen molar-refractivity contribution in [3.63, 3.8) is 0 Å². The van der Waals surface area contributed by atoms with Crippen LogP contribution in [0.4, 0.5) is 0 Å². The van der Waals surface area contributed by atoms with Crippen LogP contribution < -0.4 is 5.32 Å². The van der Waals surface area contributed by atoms with Gasteiger partial charge in [0.15, 0.2) is 0 Å². The Kier molecular flexibility index (Phi) is 4.05. The summed E-state index contributed by atoms with van der Waals surface area (Å²) in [5.74, 6) is 1.62. The molecule has 21 heavy (non-hydrogen) atoms. The summed E-state index contributed by atoms with van der Waals surface area (Å²) < 4.78 is 5.29. The lowest BCUT2D eigenvalue weighted by atomic mass is 9.99. The van der Waals surface area contributed by atoms with Crippen LogP contribution in [0.1, 0.15) is 54.4 Å². The third kappa shape index (κ3) is 3.14. The molecular weight excluding hydrogens is 284 g/mol. The van der Waals surface area contributed by atoms with E-state index in [1.54, 1.807) is 0 Å². The lowest BCUT2D eigenvalue weighted by Gasteiger charge is -2.24. The fourth-order valence-corrected chi connectivity index (χ4v) is 3.19. The molecule has 1 aromatic carbocycles. The van der Waals surface area contributed by atoms with Crippen molar-refractivity contribution >= 4 is 11.6 Å². The number of nitrogens with one attached hydrogen (secondary N) is 1. The zero-order chi connectivity index (χ0) is 15.0. The lowest BCUT2D eigenvalue weighted by Crippen LogP contribution is -2.26. The molecule has 0 saturated heterocycles. The zero-order valence-corrected chi connectivity index (χ0v) is 13.4. The van der Waals surface area contributed by atoms with Crippen molar-refractivity contribution in [2.24, 2.45) is 5.92 Å². The number of hydrogen-bond acceptors (Lipinski definition) is 3. The van der Waals surface area contributed by atoms with E-state index in [0.717, 1.165) is 16.5 Å². The van der Waals surface area contributed by atoms with Gasteiger partial charge in [0, 0.05) is 22.7 Å². The van der Waals surface area contributed by atoms with E-state index in [1.807, 2.05) is 26.0 Å². The maximum atomic E-state index is 6.00. The van der Waals surface area contributed by atoms with Crippen LogP contribution in [0.3, 0.4) is 0 Å². The Hall–Kier alpha value is -1.32. The first kappa shape index (κ1) is 14.6. The third-order valence-corrected chi connectivity index (χ3v) is 4.53. The minimum atomic E-state index is 0.220. The maximum absolute atomic E-state index is 6.00. The molecule has 1 aliphatic carbocycles. The summed E-state index contributed by atoms with van der Waals surface area (Å²) in [5.41, 5.74) is 3.45. The van der Waals surface area contributed by atoms with E-state index in [9.17, 15) is 0 Å². The molecule has 1 heterocycles. The molecule has 1 aliphatic rings. The molecule has 1 saturated carbocycles. The Morgan fingerprint density at radius 3 is 2.43 bits per heavy atom. The summed E-state index contributed by atoms with van der Waals surface area (Å²) in [7, 11) is 0. The molecule has 0 radical (unpaired) electrons. The van der Waals surface area contributed by atoms with E-state index < -0.39 is 0 Å². The van der Waals surface area contributed by atoms with Crippen LogP contribution >= 0.6 is 11.6 Å². The van der Waals surface area contributed by atoms with Crippen LogP contribution in [0.25, 0.3) is 0 Å². The van der Waals surface area contributed by atoms with E-state index in [-0.39, 0.29) is 6.04 Å². The van der Waals surface area contributed by atoms with Crippen molar-refractivity contribution < 1.29 is 4.52 Å². The van der Waals surface area contributed by atoms with E-state index in [4.69, 9.17) is 16.1 Å². The molecule has 2 aromatic rings. The van der Waals surface area contributed by atoms with Gasteiger partial charge in [-0.3, -0.25) is 0 Å². The first-order valence-corrected chi connectivity index (χ1v) is 7.88. The number of aromatic nitrogens is 1. The molecule has 2 atom stereocenters. The van der Waals surface area contributed by atoms with Crippen LogP contribution in [0.2, 0.25) is 5.02 Å². The SMILES string of the molecule is Cc1noc(C)c1C(C)NC(c1ccc(Cl)cc1)C1CC1. The summed E-state index contributed by atoms with van der Waals surface area (Å²) >= 11 is 6.00. The molecule has 112 valence electrons. The topological polar surface area (TPSA) is 38.1 Å². The monoisotopic (exact) mass is 304 g/mol. The first-order chi connectivity index (χ1) is 10.1. The summed E-state index contributed by atoms with van der Waals surface area (Å²) in [6.07, 6.45) is 2.57. The molecule has 3 nitrogen and oxygen atoms in total. The molecule has 1 fully saturated rings. The van der Waals surface area contributed by atoms with Crippen molar-refractivity contribution in [2.45, 2.75) is 45.7 Å². The van der Waals surface area contributed by atoms with E-state index in [2.05, 4.69) is 29.5 Å². The fourth-order valence-electron chi connectivity index (χ4n) is 3.07. The summed E-state index contributed by atoms with van der Waals surface area (Å²) in [6, 6.07) is 8.77. The maximum Gasteiger partial charge on any atom is 0.138 e. The van der Waals surface area contributed by atoms with Crippen LogP contribution in [-0.2, 0) is 0 Å². The molecule has 1 aromatic heterocycles. The molecule has 1 N–H and O–H groups in total. The molecule has 2 unspecified atom stereocenters. The van der Waals surface area contributed by atoms with Gasteiger partial charge in [0.2, 0.25) is 0 Å². The lowest BCUT2D eigenvalue weighted by molar-refractivity contribution is 0.386. The number of rotatable bonds is 5. The Labute approximate surface area is 130 Å². The zero-order valence-electron chi connectivity index (χ0n) is 12.7. The smallest absolute Gasteiger partial charge is 0.138 e. The third-order valence-electron chi connectivity index (χ3n) is 4.27. The van der Waals surface area contributed by atoms with Gasteiger partial charge in [-0.25, -0.2) is 0 Å². The molecule has 4 heteroatoms. The minimum absolute atomic E-state index is 0.220. The first-order valence-electron chi connectivity index (χ1n) is 7.50. The van der Waals surface area contributed by atoms with Crippen LogP contribution in [0.15, 0.2) is 28.8 Å². The number of aryl methyl sites for hydroxylation is 2. The van der Waals surface area contributed by atoms with Crippen LogP contribution in [-0.4, -0.2) is 5.16 Å². The predicted octanol–water partition coefficient (Wildman–Crippen LogP) is 4.75. The van der Waals surface area contributed by atoms with Crippen molar-refractivity contribution in [1.29, 1.82) is 0 Å². The summed E-state index contributed by atoms with van der Waals surface area (Å²) in [6.45, 7) is 6.15. The number of hydrogen-bond donors (Lipinski definition) is 1. The molecule has 0 aliphatic heterocycles. The highest BCUT2D eigenvalue weighted by Crippen LogP contribution is 2.42. The van der Waals surface area contributed by atoms with Crippen LogP contribution in [0.5, 0.6) is 0 Å². The quantitative estimate of drug-likeness (QED) is 0.866. The van der Waals surface area contributed by atoms with Gasteiger partial charge in [0.1, 0.15) is 5.76 Å². The predicted molar refractivity (Wildman–Crippen MR) is 84.4 cm³/mol. The van der Waals surface area contributed by atoms with Gasteiger partial charge >= 0.3 is 0 Å². The van der Waals surface area contributed by atoms with Crippen molar-refractivity contribution in [3.05, 3.63) is 51.9 Å². The van der Waals surface area contributed by atoms with Gasteiger partial charge in [-0.2, -0.15) is 0 Å². The number of halogens is 1. The molecule has 0 spiro atoms. The van der Waals surface area contributed by atoms with E-state index >= 15 is 0 Å². The molecule has 0 amide bonds. The average molecular weight is 305 g/mol. The Morgan fingerprint density at radius 2 is 1.90 bits per heavy atom. The van der Waals surface area contributed by atoms with Crippen molar-refractivity contribution in [1.82, 2.24) is 10.5 Å². The normalized spacial score (nSPS) is 17.7. The summed E-state index contributed by atoms with van der Waals surface area (Å²) in [4.78, 5) is 0. The highest BCUT2D eigenvalue weighted by molar-refractivity contribution is 6.30. The summed E-state index contributed by atoms with van der Waals surface area (Å²) in [5, 5.41) is 8.60. The number of benzene rings is 1. The Balaban J connectivity index is 1.81. The highest BCUT2D eigenvalue weighted by atomic mass is 35.5. The van der Waals surface area contributed by atoms with Crippen molar-refractivity contribution in [3.8, 4) is 0 Å². The van der Waals surface area contributed by atoms with Gasteiger partial charge < -0.3 is 9.84 Å². The number of nitrogens with zero attached hydrogens (tertiary/aromatic N) is 1. The van der Waals surface area contributed by atoms with Gasteiger partial charge in [0.05, 0.1) is 5.69 Å². The molecule has 0 bridgehead atoms. The minimum Gasteiger partial charge on any atom is -0.361 e. The highest BCUT2D eigenvalue weighted by Gasteiger charge is 2.33. The van der Waals surface area contributed by atoms with Gasteiger partial charge in [0.25, 0.3) is 0 Å². The second kappa shape index (κ2) is 5.82. The molecule has 3 rings (SSSR count). The standard InChI is InChI=1S/C17H21ClN2O/c1-10(16-11(2)20-21-12(16)3)19-17(13-4-5-13)14-6-8-15(18)9-7-14/h6-10,13,17,19H,4-5H2,1-3H3. The second-order valence-corrected chi connectivity index (χ2v) is 6.43. The molecular formula is C17H21ClN2O. The second-order valence-electron chi connectivity index (χ2n) is 5.99. The Morgan fingerprint density at radius 1 is 1.24 bits per heavy atom. The van der Waals surface area contributed by atoms with E-state index in [1.165, 1.54) is 24.0 Å². The largest absolute Gasteiger partial charge is 0.361 e. The van der Waals surface area contributed by atoms with Crippen LogP contribution in [0, 0.1) is 19.8 Å².